The highest BCUT2D eigenvalue weighted by Crippen LogP contribution is 2.31. The third-order valence-corrected chi connectivity index (χ3v) is 4.38. The van der Waals surface area contributed by atoms with Crippen molar-refractivity contribution in [2.75, 3.05) is 5.32 Å². The number of aryl methyl sites for hydroxylation is 1. The number of fused-ring (bicyclic) bond motifs is 1. The number of nitrogens with zero attached hydrogens (tertiary/aromatic N) is 1. The summed E-state index contributed by atoms with van der Waals surface area (Å²) in [7, 11) is 0. The van der Waals surface area contributed by atoms with E-state index in [2.05, 4.69) is 42.3 Å². The van der Waals surface area contributed by atoms with Gasteiger partial charge in [0.15, 0.2) is 0 Å². The molecular weight excluding hydrogens is 302 g/mol. The van der Waals surface area contributed by atoms with Crippen molar-refractivity contribution >= 4 is 22.3 Å². The van der Waals surface area contributed by atoms with Gasteiger partial charge in [0, 0.05) is 34.4 Å². The third kappa shape index (κ3) is 2.97. The molecule has 1 atom stereocenters. The molecule has 5 nitrogen and oxygen atoms in total. The van der Waals surface area contributed by atoms with Crippen LogP contribution in [0.5, 0.6) is 0 Å². The van der Waals surface area contributed by atoms with Gasteiger partial charge in [0.25, 0.3) is 5.69 Å². The minimum atomic E-state index is -0.381. The van der Waals surface area contributed by atoms with E-state index in [1.165, 1.54) is 28.8 Å². The van der Waals surface area contributed by atoms with Crippen LogP contribution in [0.15, 0.2) is 48.5 Å². The van der Waals surface area contributed by atoms with Gasteiger partial charge < -0.3 is 10.3 Å². The number of non-ortho nitro benzene ring substituents is 1. The number of rotatable bonds is 6. The second-order valence-corrected chi connectivity index (χ2v) is 5.83. The fraction of sp³-hybridized carbons (Fsp3) is 0.263. The molecule has 3 rings (SSSR count). The zero-order valence-electron chi connectivity index (χ0n) is 13.9. The van der Waals surface area contributed by atoms with Crippen LogP contribution in [-0.2, 0) is 6.42 Å². The number of para-hydroxylation sites is 1. The Balaban J connectivity index is 1.92. The van der Waals surface area contributed by atoms with Gasteiger partial charge in [-0.05, 0) is 36.6 Å². The Morgan fingerprint density at radius 1 is 1.12 bits per heavy atom. The van der Waals surface area contributed by atoms with Gasteiger partial charge in [-0.15, -0.1) is 0 Å². The number of H-pyrrole nitrogens is 1. The Hall–Kier alpha value is -2.82. The minimum absolute atomic E-state index is 0.105. The topological polar surface area (TPSA) is 71.0 Å². The first-order valence-electron chi connectivity index (χ1n) is 8.24. The monoisotopic (exact) mass is 323 g/mol. The lowest BCUT2D eigenvalue weighted by Gasteiger charge is -2.19. The number of anilines is 1. The molecule has 1 heterocycles. The maximum Gasteiger partial charge on any atom is 0.269 e. The van der Waals surface area contributed by atoms with Gasteiger partial charge in [0.1, 0.15) is 0 Å². The van der Waals surface area contributed by atoms with Gasteiger partial charge in [0.2, 0.25) is 0 Å². The van der Waals surface area contributed by atoms with Gasteiger partial charge in [-0.2, -0.15) is 0 Å². The quantitative estimate of drug-likeness (QED) is 0.483. The number of aromatic amines is 1. The highest BCUT2D eigenvalue weighted by Gasteiger charge is 2.18. The number of nitrogens with one attached hydrogen (secondary N) is 2. The molecule has 0 radical (unpaired) electrons. The molecule has 1 aromatic heterocycles. The Kier molecular flexibility index (Phi) is 4.51. The third-order valence-electron chi connectivity index (χ3n) is 4.38. The van der Waals surface area contributed by atoms with E-state index >= 15 is 0 Å². The second-order valence-electron chi connectivity index (χ2n) is 5.83. The average molecular weight is 323 g/mol. The van der Waals surface area contributed by atoms with Crippen molar-refractivity contribution in [3.8, 4) is 0 Å². The van der Waals surface area contributed by atoms with E-state index in [-0.39, 0.29) is 16.7 Å². The van der Waals surface area contributed by atoms with Gasteiger partial charge in [0.05, 0.1) is 11.0 Å². The number of nitro benzene ring substituents is 1. The zero-order valence-corrected chi connectivity index (χ0v) is 13.9. The van der Waals surface area contributed by atoms with Crippen molar-refractivity contribution in [2.24, 2.45) is 0 Å². The Bertz CT molecular complexity index is 853. The molecule has 2 aromatic carbocycles. The molecule has 0 fully saturated rings. The molecule has 2 N–H and O–H groups in total. The molecule has 0 amide bonds. The standard InChI is InChI=1S/C19H21N3O2/c1-3-15-16-7-5-6-8-18(16)21-19(15)17(4-2)20-13-9-11-14(12-10-13)22(23)24/h5-12,17,20-21H,3-4H2,1-2H3. The summed E-state index contributed by atoms with van der Waals surface area (Å²) in [4.78, 5) is 13.9. The summed E-state index contributed by atoms with van der Waals surface area (Å²) in [6.07, 6.45) is 1.87. The van der Waals surface area contributed by atoms with E-state index in [4.69, 9.17) is 0 Å². The molecule has 0 bridgehead atoms. The van der Waals surface area contributed by atoms with E-state index in [9.17, 15) is 10.1 Å². The predicted octanol–water partition coefficient (Wildman–Crippen LogP) is 5.20. The van der Waals surface area contributed by atoms with Crippen molar-refractivity contribution in [2.45, 2.75) is 32.7 Å². The molecular formula is C19H21N3O2. The lowest BCUT2D eigenvalue weighted by molar-refractivity contribution is -0.384. The maximum absolute atomic E-state index is 10.8. The Morgan fingerprint density at radius 2 is 1.83 bits per heavy atom. The summed E-state index contributed by atoms with van der Waals surface area (Å²) in [5, 5.41) is 15.5. The average Bonchev–Trinajstić information content (AvgIpc) is 2.98. The van der Waals surface area contributed by atoms with Crippen LogP contribution in [0.1, 0.15) is 37.6 Å². The van der Waals surface area contributed by atoms with Gasteiger partial charge in [-0.25, -0.2) is 0 Å². The van der Waals surface area contributed by atoms with Crippen molar-refractivity contribution < 1.29 is 4.92 Å². The number of aromatic nitrogens is 1. The number of hydrogen-bond acceptors (Lipinski definition) is 3. The summed E-state index contributed by atoms with van der Waals surface area (Å²) in [6, 6.07) is 15.0. The van der Waals surface area contributed by atoms with Crippen LogP contribution >= 0.6 is 0 Å². The molecule has 124 valence electrons. The summed E-state index contributed by atoms with van der Waals surface area (Å²) in [5.41, 5.74) is 4.65. The number of nitro groups is 1. The van der Waals surface area contributed by atoms with E-state index in [1.54, 1.807) is 12.1 Å². The molecule has 1 unspecified atom stereocenters. The normalized spacial score (nSPS) is 12.2. The second kappa shape index (κ2) is 6.74. The SMILES string of the molecule is CCc1c(C(CC)Nc2ccc([N+](=O)[O-])cc2)[nH]c2ccccc12. The molecule has 0 saturated heterocycles. The number of benzene rings is 2. The molecule has 0 aliphatic heterocycles. The molecule has 0 saturated carbocycles. The molecule has 0 aliphatic carbocycles. The number of hydrogen-bond donors (Lipinski definition) is 2. The van der Waals surface area contributed by atoms with Crippen LogP contribution in [0.2, 0.25) is 0 Å². The Labute approximate surface area is 140 Å². The fourth-order valence-electron chi connectivity index (χ4n) is 3.16. The fourth-order valence-corrected chi connectivity index (χ4v) is 3.16. The maximum atomic E-state index is 10.8. The van der Waals surface area contributed by atoms with Crippen LogP contribution in [0.25, 0.3) is 10.9 Å². The van der Waals surface area contributed by atoms with Crippen LogP contribution in [-0.4, -0.2) is 9.91 Å². The lowest BCUT2D eigenvalue weighted by Crippen LogP contribution is -2.12. The summed E-state index contributed by atoms with van der Waals surface area (Å²) in [6.45, 7) is 4.30. The summed E-state index contributed by atoms with van der Waals surface area (Å²) in [5.74, 6) is 0. The van der Waals surface area contributed by atoms with Crippen LogP contribution < -0.4 is 5.32 Å². The van der Waals surface area contributed by atoms with Gasteiger partial charge in [-0.3, -0.25) is 10.1 Å². The minimum Gasteiger partial charge on any atom is -0.377 e. The summed E-state index contributed by atoms with van der Waals surface area (Å²) < 4.78 is 0. The van der Waals surface area contributed by atoms with E-state index in [1.807, 2.05) is 6.07 Å². The highest BCUT2D eigenvalue weighted by atomic mass is 16.6. The van der Waals surface area contributed by atoms with E-state index < -0.39 is 0 Å². The lowest BCUT2D eigenvalue weighted by atomic mass is 10.0. The van der Waals surface area contributed by atoms with Crippen molar-refractivity contribution in [3.05, 3.63) is 69.9 Å². The Morgan fingerprint density at radius 3 is 2.46 bits per heavy atom. The summed E-state index contributed by atoms with van der Waals surface area (Å²) >= 11 is 0. The molecule has 0 spiro atoms. The van der Waals surface area contributed by atoms with Crippen molar-refractivity contribution in [1.82, 2.24) is 4.98 Å². The van der Waals surface area contributed by atoms with Crippen molar-refractivity contribution in [1.29, 1.82) is 0 Å². The van der Waals surface area contributed by atoms with Gasteiger partial charge in [-0.1, -0.05) is 32.0 Å². The van der Waals surface area contributed by atoms with E-state index in [0.717, 1.165) is 24.0 Å². The smallest absolute Gasteiger partial charge is 0.269 e. The molecule has 0 aliphatic rings. The van der Waals surface area contributed by atoms with Crippen LogP contribution in [0.4, 0.5) is 11.4 Å². The molecule has 5 heteroatoms. The van der Waals surface area contributed by atoms with Gasteiger partial charge >= 0.3 is 0 Å². The first kappa shape index (κ1) is 16.1. The largest absolute Gasteiger partial charge is 0.377 e. The van der Waals surface area contributed by atoms with Crippen LogP contribution in [0, 0.1) is 10.1 Å². The van der Waals surface area contributed by atoms with Crippen LogP contribution in [0.3, 0.4) is 0 Å². The van der Waals surface area contributed by atoms with E-state index in [0.29, 0.717) is 0 Å². The predicted molar refractivity (Wildman–Crippen MR) is 97.4 cm³/mol. The highest BCUT2D eigenvalue weighted by molar-refractivity contribution is 5.85. The zero-order chi connectivity index (χ0) is 17.1. The first-order valence-corrected chi connectivity index (χ1v) is 8.24. The molecule has 3 aromatic rings. The van der Waals surface area contributed by atoms with Crippen molar-refractivity contribution in [3.63, 3.8) is 0 Å². The first-order chi connectivity index (χ1) is 11.6. The molecule has 24 heavy (non-hydrogen) atoms.